The summed E-state index contributed by atoms with van der Waals surface area (Å²) in [5.41, 5.74) is 7.99. The first-order valence-electron chi connectivity index (χ1n) is 7.24. The number of nitrogens with zero attached hydrogens (tertiary/aromatic N) is 2. The Morgan fingerprint density at radius 1 is 1.30 bits per heavy atom. The molecule has 1 unspecified atom stereocenters. The van der Waals surface area contributed by atoms with Gasteiger partial charge >= 0.3 is 6.03 Å². The van der Waals surface area contributed by atoms with Gasteiger partial charge in [-0.25, -0.2) is 4.79 Å². The van der Waals surface area contributed by atoms with E-state index in [1.54, 1.807) is 0 Å². The molecule has 2 heterocycles. The molecule has 3 rings (SSSR count). The Kier molecular flexibility index (Phi) is 3.89. The lowest BCUT2D eigenvalue weighted by molar-refractivity contribution is 0.0549. The molecule has 0 saturated carbocycles. The molecule has 0 bridgehead atoms. The summed E-state index contributed by atoms with van der Waals surface area (Å²) in [6.45, 7) is 4.02. The predicted octanol–water partition coefficient (Wildman–Crippen LogP) is 1.39. The lowest BCUT2D eigenvalue weighted by Gasteiger charge is -2.31. The maximum Gasteiger partial charge on any atom is 0.324 e. The number of morpholine rings is 1. The highest BCUT2D eigenvalue weighted by Crippen LogP contribution is 2.38. The summed E-state index contributed by atoms with van der Waals surface area (Å²) < 4.78 is 5.31. The molecule has 1 fully saturated rings. The van der Waals surface area contributed by atoms with Crippen molar-refractivity contribution in [2.75, 3.05) is 44.3 Å². The molecule has 5 heteroatoms. The van der Waals surface area contributed by atoms with E-state index in [4.69, 9.17) is 10.5 Å². The average molecular weight is 275 g/mol. The first kappa shape index (κ1) is 13.4. The fraction of sp³-hybridized carbons (Fsp3) is 0.533. The van der Waals surface area contributed by atoms with E-state index in [0.717, 1.165) is 18.7 Å². The highest BCUT2D eigenvalue weighted by atomic mass is 16.5. The maximum atomic E-state index is 12.7. The zero-order chi connectivity index (χ0) is 13.9. The molecule has 0 aromatic heterocycles. The van der Waals surface area contributed by atoms with Crippen LogP contribution in [0.2, 0.25) is 0 Å². The maximum absolute atomic E-state index is 12.7. The van der Waals surface area contributed by atoms with Gasteiger partial charge in [0.2, 0.25) is 0 Å². The van der Waals surface area contributed by atoms with Gasteiger partial charge in [0.25, 0.3) is 0 Å². The third-order valence-electron chi connectivity index (χ3n) is 4.10. The van der Waals surface area contributed by atoms with Gasteiger partial charge in [-0.1, -0.05) is 18.2 Å². The molecule has 1 aromatic carbocycles. The van der Waals surface area contributed by atoms with Crippen molar-refractivity contribution in [1.82, 2.24) is 4.90 Å². The lowest BCUT2D eigenvalue weighted by Crippen LogP contribution is -2.48. The van der Waals surface area contributed by atoms with E-state index in [2.05, 4.69) is 6.07 Å². The zero-order valence-electron chi connectivity index (χ0n) is 11.6. The van der Waals surface area contributed by atoms with Crippen LogP contribution >= 0.6 is 0 Å². The van der Waals surface area contributed by atoms with Crippen LogP contribution in [0, 0.1) is 0 Å². The van der Waals surface area contributed by atoms with Gasteiger partial charge in [-0.15, -0.1) is 0 Å². The Morgan fingerprint density at radius 2 is 2.05 bits per heavy atom. The Balaban J connectivity index is 1.82. The molecule has 2 amide bonds. The summed E-state index contributed by atoms with van der Waals surface area (Å²) >= 11 is 0. The van der Waals surface area contributed by atoms with Crippen molar-refractivity contribution in [3.63, 3.8) is 0 Å². The van der Waals surface area contributed by atoms with Crippen molar-refractivity contribution in [3.05, 3.63) is 29.8 Å². The van der Waals surface area contributed by atoms with Crippen molar-refractivity contribution >= 4 is 11.7 Å². The van der Waals surface area contributed by atoms with Crippen molar-refractivity contribution in [1.29, 1.82) is 0 Å². The summed E-state index contributed by atoms with van der Waals surface area (Å²) in [5.74, 6) is 0.362. The largest absolute Gasteiger partial charge is 0.378 e. The second-order valence-corrected chi connectivity index (χ2v) is 5.33. The number of ether oxygens (including phenoxy) is 1. The third-order valence-corrected chi connectivity index (χ3v) is 4.10. The van der Waals surface area contributed by atoms with Crippen LogP contribution in [0.4, 0.5) is 10.5 Å². The molecule has 0 aliphatic carbocycles. The molecule has 0 radical (unpaired) electrons. The summed E-state index contributed by atoms with van der Waals surface area (Å²) in [6.07, 6.45) is 0.921. The second kappa shape index (κ2) is 5.81. The van der Waals surface area contributed by atoms with E-state index in [0.29, 0.717) is 38.8 Å². The van der Waals surface area contributed by atoms with Crippen LogP contribution in [0.3, 0.4) is 0 Å². The molecule has 2 aliphatic rings. The van der Waals surface area contributed by atoms with Crippen LogP contribution in [0.5, 0.6) is 0 Å². The molecular weight excluding hydrogens is 254 g/mol. The van der Waals surface area contributed by atoms with Crippen molar-refractivity contribution < 1.29 is 9.53 Å². The number of carbonyl (C=O) groups excluding carboxylic acids is 1. The number of benzene rings is 1. The summed E-state index contributed by atoms with van der Waals surface area (Å²) in [7, 11) is 0. The fourth-order valence-corrected chi connectivity index (χ4v) is 3.05. The van der Waals surface area contributed by atoms with E-state index < -0.39 is 0 Å². The molecule has 2 aliphatic heterocycles. The van der Waals surface area contributed by atoms with Gasteiger partial charge in [0.15, 0.2) is 0 Å². The summed E-state index contributed by atoms with van der Waals surface area (Å²) in [4.78, 5) is 16.5. The number of rotatable bonds is 2. The van der Waals surface area contributed by atoms with Crippen molar-refractivity contribution in [3.8, 4) is 0 Å². The third kappa shape index (κ3) is 2.39. The van der Waals surface area contributed by atoms with E-state index in [9.17, 15) is 4.79 Å². The van der Waals surface area contributed by atoms with E-state index >= 15 is 0 Å². The monoisotopic (exact) mass is 275 g/mol. The lowest BCUT2D eigenvalue weighted by atomic mass is 9.98. The number of carbonyl (C=O) groups is 1. The minimum absolute atomic E-state index is 0.0975. The average Bonchev–Trinajstić information content (AvgIpc) is 2.87. The number of urea groups is 1. The second-order valence-electron chi connectivity index (χ2n) is 5.33. The first-order valence-corrected chi connectivity index (χ1v) is 7.24. The van der Waals surface area contributed by atoms with Crippen molar-refractivity contribution in [2.24, 2.45) is 5.73 Å². The van der Waals surface area contributed by atoms with Crippen LogP contribution in [-0.4, -0.2) is 50.3 Å². The molecule has 1 atom stereocenters. The number of para-hydroxylation sites is 1. The normalized spacial score (nSPS) is 21.9. The Hall–Kier alpha value is -1.59. The summed E-state index contributed by atoms with van der Waals surface area (Å²) in [6, 6.07) is 8.26. The molecule has 1 aromatic rings. The Labute approximate surface area is 119 Å². The highest BCUT2D eigenvalue weighted by molar-refractivity contribution is 5.94. The molecule has 1 saturated heterocycles. The van der Waals surface area contributed by atoms with Gasteiger partial charge in [0, 0.05) is 31.2 Å². The van der Waals surface area contributed by atoms with Crippen molar-refractivity contribution in [2.45, 2.75) is 12.3 Å². The Morgan fingerprint density at radius 3 is 2.80 bits per heavy atom. The molecule has 2 N–H and O–H groups in total. The first-order chi connectivity index (χ1) is 9.81. The van der Waals surface area contributed by atoms with Gasteiger partial charge < -0.3 is 15.4 Å². The number of fused-ring (bicyclic) bond motifs is 1. The molecule has 5 nitrogen and oxygen atoms in total. The minimum Gasteiger partial charge on any atom is -0.378 e. The number of amides is 2. The fourth-order valence-electron chi connectivity index (χ4n) is 3.05. The number of hydrogen-bond acceptors (Lipinski definition) is 3. The van der Waals surface area contributed by atoms with E-state index in [1.807, 2.05) is 28.0 Å². The van der Waals surface area contributed by atoms with Crippen LogP contribution in [-0.2, 0) is 4.74 Å². The van der Waals surface area contributed by atoms with Crippen LogP contribution in [0.15, 0.2) is 24.3 Å². The SMILES string of the molecule is NCCC1CN(C(=O)N2CCOCC2)c2ccccc21. The minimum atomic E-state index is 0.0975. The van der Waals surface area contributed by atoms with Gasteiger partial charge in [-0.3, -0.25) is 4.90 Å². The summed E-state index contributed by atoms with van der Waals surface area (Å²) in [5, 5.41) is 0. The van der Waals surface area contributed by atoms with Crippen LogP contribution in [0.25, 0.3) is 0 Å². The van der Waals surface area contributed by atoms with Crippen LogP contribution < -0.4 is 10.6 Å². The highest BCUT2D eigenvalue weighted by Gasteiger charge is 2.34. The smallest absolute Gasteiger partial charge is 0.324 e. The van der Waals surface area contributed by atoms with Gasteiger partial charge in [-0.2, -0.15) is 0 Å². The van der Waals surface area contributed by atoms with Gasteiger partial charge in [0.1, 0.15) is 0 Å². The molecule has 0 spiro atoms. The molecule has 108 valence electrons. The number of hydrogen-bond donors (Lipinski definition) is 1. The number of anilines is 1. The number of nitrogens with two attached hydrogens (primary N) is 1. The van der Waals surface area contributed by atoms with E-state index in [1.165, 1.54) is 5.56 Å². The zero-order valence-corrected chi connectivity index (χ0v) is 11.6. The van der Waals surface area contributed by atoms with Gasteiger partial charge in [-0.05, 0) is 24.6 Å². The topological polar surface area (TPSA) is 58.8 Å². The Bertz CT molecular complexity index is 486. The van der Waals surface area contributed by atoms with Gasteiger partial charge in [0.05, 0.1) is 13.2 Å². The van der Waals surface area contributed by atoms with Crippen LogP contribution in [0.1, 0.15) is 17.9 Å². The van der Waals surface area contributed by atoms with E-state index in [-0.39, 0.29) is 6.03 Å². The molecular formula is C15H21N3O2. The molecule has 20 heavy (non-hydrogen) atoms. The quantitative estimate of drug-likeness (QED) is 0.887. The standard InChI is InChI=1S/C15H21N3O2/c16-6-5-12-11-18(14-4-2-1-3-13(12)14)15(19)17-7-9-20-10-8-17/h1-4,12H,5-11,16H2. The predicted molar refractivity (Wildman–Crippen MR) is 78.0 cm³/mol.